The Hall–Kier alpha value is -2.53. The fourth-order valence-corrected chi connectivity index (χ4v) is 4.17. The summed E-state index contributed by atoms with van der Waals surface area (Å²) in [6.07, 6.45) is 6.45. The van der Waals surface area contributed by atoms with Crippen molar-refractivity contribution in [2.75, 3.05) is 19.7 Å². The highest BCUT2D eigenvalue weighted by Gasteiger charge is 2.46. The van der Waals surface area contributed by atoms with Gasteiger partial charge in [0.25, 0.3) is 0 Å². The summed E-state index contributed by atoms with van der Waals surface area (Å²) in [5.41, 5.74) is 1.80. The number of hydrogen-bond acceptors (Lipinski definition) is 4. The number of ether oxygens (including phenoxy) is 2. The first kappa shape index (κ1) is 20.7. The molecular weight excluding hydrogens is 376 g/mol. The third-order valence-corrected chi connectivity index (χ3v) is 6.14. The van der Waals surface area contributed by atoms with Crippen LogP contribution >= 0.6 is 0 Å². The smallest absolute Gasteiger partial charge is 0.408 e. The van der Waals surface area contributed by atoms with Gasteiger partial charge in [-0.2, -0.15) is 0 Å². The van der Waals surface area contributed by atoms with Gasteiger partial charge in [-0.05, 0) is 80.8 Å². The highest BCUT2D eigenvalue weighted by atomic mass is 16.5. The maximum atomic E-state index is 12.3. The lowest BCUT2D eigenvalue weighted by Gasteiger charge is -2.22. The van der Waals surface area contributed by atoms with Crippen molar-refractivity contribution >= 4 is 6.09 Å². The van der Waals surface area contributed by atoms with Crippen molar-refractivity contribution in [2.24, 2.45) is 5.92 Å². The van der Waals surface area contributed by atoms with E-state index in [1.165, 1.54) is 25.8 Å². The Morgan fingerprint density at radius 1 is 1.10 bits per heavy atom. The van der Waals surface area contributed by atoms with Crippen molar-refractivity contribution in [3.8, 4) is 5.75 Å². The number of piperidine rings is 1. The molecule has 0 radical (unpaired) electrons. The van der Waals surface area contributed by atoms with Crippen molar-refractivity contribution in [2.45, 2.75) is 50.7 Å². The normalized spacial score (nSPS) is 19.7. The van der Waals surface area contributed by atoms with E-state index in [1.54, 1.807) is 0 Å². The zero-order valence-electron chi connectivity index (χ0n) is 17.6. The van der Waals surface area contributed by atoms with Crippen LogP contribution in [0.2, 0.25) is 0 Å². The minimum atomic E-state index is -0.367. The molecule has 1 unspecified atom stereocenters. The third-order valence-electron chi connectivity index (χ3n) is 6.14. The maximum Gasteiger partial charge on any atom is 0.408 e. The van der Waals surface area contributed by atoms with Crippen molar-refractivity contribution in [3.63, 3.8) is 0 Å². The molecule has 0 aromatic heterocycles. The minimum absolute atomic E-state index is 0.284. The lowest BCUT2D eigenvalue weighted by Crippen LogP contribution is -2.35. The predicted octanol–water partition coefficient (Wildman–Crippen LogP) is 4.76. The fraction of sp³-hybridized carbons (Fsp3) is 0.480. The van der Waals surface area contributed by atoms with Gasteiger partial charge in [0.05, 0.1) is 12.1 Å². The van der Waals surface area contributed by atoms with Crippen molar-refractivity contribution < 1.29 is 14.3 Å². The number of alkyl carbamates (subject to hydrolysis) is 1. The predicted molar refractivity (Wildman–Crippen MR) is 117 cm³/mol. The molecule has 30 heavy (non-hydrogen) atoms. The molecule has 2 N–H and O–H groups in total. The van der Waals surface area contributed by atoms with Gasteiger partial charge in [-0.3, -0.25) is 0 Å². The summed E-state index contributed by atoms with van der Waals surface area (Å²) < 4.78 is 11.3. The van der Waals surface area contributed by atoms with E-state index in [4.69, 9.17) is 9.47 Å². The number of carbonyl (C=O) groups excluding carboxylic acids is 1. The van der Waals surface area contributed by atoms with Gasteiger partial charge in [0, 0.05) is 0 Å². The Balaban J connectivity index is 1.20. The molecule has 1 saturated carbocycles. The molecule has 4 rings (SSSR count). The van der Waals surface area contributed by atoms with Crippen LogP contribution in [0.25, 0.3) is 0 Å². The molecule has 1 amide bonds. The highest BCUT2D eigenvalue weighted by Crippen LogP contribution is 2.45. The summed E-state index contributed by atoms with van der Waals surface area (Å²) in [7, 11) is 0. The summed E-state index contributed by atoms with van der Waals surface area (Å²) in [5, 5.41) is 6.52. The second-order valence-electron chi connectivity index (χ2n) is 8.50. The van der Waals surface area contributed by atoms with Crippen LogP contribution in [0.5, 0.6) is 5.75 Å². The molecule has 1 aliphatic heterocycles. The number of nitrogens with one attached hydrogen (secondary N) is 2. The number of hydrogen-bond donors (Lipinski definition) is 2. The second kappa shape index (κ2) is 9.98. The molecule has 1 heterocycles. The van der Waals surface area contributed by atoms with E-state index in [2.05, 4.69) is 22.8 Å². The van der Waals surface area contributed by atoms with E-state index >= 15 is 0 Å². The van der Waals surface area contributed by atoms with Crippen LogP contribution in [0, 0.1) is 5.92 Å². The number of benzene rings is 2. The Morgan fingerprint density at radius 2 is 1.90 bits per heavy atom. The summed E-state index contributed by atoms with van der Waals surface area (Å²) in [6, 6.07) is 17.9. The molecular formula is C25H32N2O3. The summed E-state index contributed by atoms with van der Waals surface area (Å²) in [5.74, 6) is 1.69. The van der Waals surface area contributed by atoms with Crippen LogP contribution in [0.4, 0.5) is 4.79 Å². The van der Waals surface area contributed by atoms with Crippen molar-refractivity contribution in [1.82, 2.24) is 10.6 Å². The molecule has 2 aromatic rings. The van der Waals surface area contributed by atoms with Gasteiger partial charge in [0.15, 0.2) is 0 Å². The summed E-state index contributed by atoms with van der Waals surface area (Å²) >= 11 is 0. The van der Waals surface area contributed by atoms with E-state index in [1.807, 2.05) is 42.5 Å². The number of rotatable bonds is 9. The standard InChI is InChI=1S/C25H32N2O3/c28-24(30-19-21-6-2-1-3-7-21)27-25(14-15-25)22-10-12-23(13-11-22)29-17-5-9-20-8-4-16-26-18-20/h1-3,6-7,10-13,20,26H,4-5,8-9,14-19H2,(H,27,28). The molecule has 1 saturated heterocycles. The zero-order valence-corrected chi connectivity index (χ0v) is 17.6. The quantitative estimate of drug-likeness (QED) is 0.587. The molecule has 2 fully saturated rings. The largest absolute Gasteiger partial charge is 0.494 e. The fourth-order valence-electron chi connectivity index (χ4n) is 4.17. The van der Waals surface area contributed by atoms with Crippen molar-refractivity contribution in [3.05, 3.63) is 65.7 Å². The first-order valence-electron chi connectivity index (χ1n) is 11.2. The van der Waals surface area contributed by atoms with Gasteiger partial charge < -0.3 is 20.1 Å². The Bertz CT molecular complexity index is 797. The van der Waals surface area contributed by atoms with Crippen LogP contribution in [0.15, 0.2) is 54.6 Å². The average molecular weight is 409 g/mol. The van der Waals surface area contributed by atoms with Crippen LogP contribution in [-0.4, -0.2) is 25.8 Å². The van der Waals surface area contributed by atoms with Crippen LogP contribution in [0.3, 0.4) is 0 Å². The maximum absolute atomic E-state index is 12.3. The van der Waals surface area contributed by atoms with E-state index in [-0.39, 0.29) is 18.2 Å². The molecule has 2 aliphatic rings. The molecule has 1 atom stereocenters. The van der Waals surface area contributed by atoms with Crippen molar-refractivity contribution in [1.29, 1.82) is 0 Å². The molecule has 0 bridgehead atoms. The topological polar surface area (TPSA) is 59.6 Å². The van der Waals surface area contributed by atoms with Crippen LogP contribution < -0.4 is 15.4 Å². The SMILES string of the molecule is O=C(NC1(c2ccc(OCCCC3CCCNC3)cc2)CC1)OCc1ccccc1. The van der Waals surface area contributed by atoms with E-state index in [0.29, 0.717) is 0 Å². The highest BCUT2D eigenvalue weighted by molar-refractivity contribution is 5.69. The van der Waals surface area contributed by atoms with Gasteiger partial charge in [0.1, 0.15) is 12.4 Å². The number of carbonyl (C=O) groups is 1. The van der Waals surface area contributed by atoms with Gasteiger partial charge >= 0.3 is 6.09 Å². The minimum Gasteiger partial charge on any atom is -0.494 e. The lowest BCUT2D eigenvalue weighted by atomic mass is 9.95. The van der Waals surface area contributed by atoms with Gasteiger partial charge in [0.2, 0.25) is 0 Å². The molecule has 160 valence electrons. The first-order valence-corrected chi connectivity index (χ1v) is 11.2. The third kappa shape index (κ3) is 5.76. The van der Waals surface area contributed by atoms with Crippen LogP contribution in [-0.2, 0) is 16.9 Å². The molecule has 0 spiro atoms. The first-order chi connectivity index (χ1) is 14.7. The van der Waals surface area contributed by atoms with Crippen LogP contribution in [0.1, 0.15) is 49.7 Å². The van der Waals surface area contributed by atoms with Gasteiger partial charge in [-0.1, -0.05) is 42.5 Å². The Kier molecular flexibility index (Phi) is 6.90. The van der Waals surface area contributed by atoms with Gasteiger partial charge in [-0.15, -0.1) is 0 Å². The van der Waals surface area contributed by atoms with Gasteiger partial charge in [-0.25, -0.2) is 4.79 Å². The summed E-state index contributed by atoms with van der Waals surface area (Å²) in [4.78, 5) is 12.3. The average Bonchev–Trinajstić information content (AvgIpc) is 3.58. The molecule has 1 aliphatic carbocycles. The monoisotopic (exact) mass is 408 g/mol. The number of amides is 1. The zero-order chi connectivity index (χ0) is 20.7. The van der Waals surface area contributed by atoms with E-state index in [9.17, 15) is 4.79 Å². The van der Waals surface area contributed by atoms with E-state index < -0.39 is 0 Å². The second-order valence-corrected chi connectivity index (χ2v) is 8.50. The molecule has 5 nitrogen and oxygen atoms in total. The molecule has 5 heteroatoms. The van der Waals surface area contributed by atoms with E-state index in [0.717, 1.165) is 55.2 Å². The Morgan fingerprint density at radius 3 is 2.60 bits per heavy atom. The Labute approximate surface area is 179 Å². The lowest BCUT2D eigenvalue weighted by molar-refractivity contribution is 0.134. The molecule has 2 aromatic carbocycles. The summed E-state index contributed by atoms with van der Waals surface area (Å²) in [6.45, 7) is 3.36.